The van der Waals surface area contributed by atoms with Crippen molar-refractivity contribution in [3.63, 3.8) is 0 Å². The highest BCUT2D eigenvalue weighted by atomic mass is 16.7. The first kappa shape index (κ1) is 21.1. The molecule has 1 N–H and O–H groups in total. The molecule has 0 heterocycles. The summed E-state index contributed by atoms with van der Waals surface area (Å²) in [5, 5.41) is 18.3. The summed E-state index contributed by atoms with van der Waals surface area (Å²) in [6.45, 7) is 0. The molecule has 0 unspecified atom stereocenters. The largest absolute Gasteiger partial charge is 0.497 e. The fraction of sp³-hybridized carbons (Fsp3) is 0.0476. The lowest BCUT2D eigenvalue weighted by Gasteiger charge is -2.06. The minimum Gasteiger partial charge on any atom is -0.497 e. The number of nitrogens with zero attached hydrogens (tertiary/aromatic N) is 3. The predicted molar refractivity (Wildman–Crippen MR) is 110 cm³/mol. The minimum absolute atomic E-state index is 0.0316. The van der Waals surface area contributed by atoms with Gasteiger partial charge in [0.2, 0.25) is 0 Å². The highest BCUT2D eigenvalue weighted by Crippen LogP contribution is 2.19. The summed E-state index contributed by atoms with van der Waals surface area (Å²) in [6, 6.07) is 17.9. The van der Waals surface area contributed by atoms with Crippen LogP contribution in [0, 0.1) is 10.1 Å². The van der Waals surface area contributed by atoms with E-state index in [-0.39, 0.29) is 11.3 Å². The van der Waals surface area contributed by atoms with Crippen LogP contribution in [0.1, 0.15) is 20.7 Å². The fourth-order valence-electron chi connectivity index (χ4n) is 2.40. The summed E-state index contributed by atoms with van der Waals surface area (Å²) >= 11 is 0. The van der Waals surface area contributed by atoms with Crippen LogP contribution in [0.4, 0.5) is 17.1 Å². The molecule has 31 heavy (non-hydrogen) atoms. The quantitative estimate of drug-likeness (QED) is 0.332. The Balaban J connectivity index is 1.56. The molecule has 3 aromatic rings. The second-order valence-corrected chi connectivity index (χ2v) is 6.08. The van der Waals surface area contributed by atoms with Crippen molar-refractivity contribution in [2.24, 2.45) is 10.2 Å². The van der Waals surface area contributed by atoms with Gasteiger partial charge in [0.15, 0.2) is 0 Å². The number of carbonyl (C=O) groups is 2. The Morgan fingerprint density at radius 2 is 1.68 bits per heavy atom. The van der Waals surface area contributed by atoms with Crippen LogP contribution in [0.15, 0.2) is 83.0 Å². The summed E-state index contributed by atoms with van der Waals surface area (Å²) in [5.74, 6) is -0.656. The van der Waals surface area contributed by atoms with E-state index in [4.69, 9.17) is 9.57 Å². The van der Waals surface area contributed by atoms with Crippen LogP contribution < -0.4 is 10.2 Å². The molecular weight excluding hydrogens is 404 g/mol. The van der Waals surface area contributed by atoms with E-state index >= 15 is 0 Å². The fourth-order valence-corrected chi connectivity index (χ4v) is 2.40. The van der Waals surface area contributed by atoms with Crippen LogP contribution >= 0.6 is 0 Å². The number of nitrogens with one attached hydrogen (secondary N) is 1. The average Bonchev–Trinajstić information content (AvgIpc) is 2.81. The lowest BCUT2D eigenvalue weighted by Crippen LogP contribution is -2.10. The number of azo groups is 1. The molecule has 0 aliphatic rings. The lowest BCUT2D eigenvalue weighted by molar-refractivity contribution is -0.384. The molecule has 0 radical (unpaired) electrons. The molecule has 1 amide bonds. The Kier molecular flexibility index (Phi) is 6.64. The molecular formula is C21H16N4O6. The number of carbonyl (C=O) groups excluding carboxylic acids is 2. The zero-order valence-corrected chi connectivity index (χ0v) is 16.2. The number of amides is 1. The van der Waals surface area contributed by atoms with Gasteiger partial charge in [-0.1, -0.05) is 6.07 Å². The Hall–Kier alpha value is -4.60. The molecule has 3 aromatic carbocycles. The zero-order chi connectivity index (χ0) is 22.2. The summed E-state index contributed by atoms with van der Waals surface area (Å²) in [6.07, 6.45) is 0. The highest BCUT2D eigenvalue weighted by Gasteiger charge is 2.13. The monoisotopic (exact) mass is 420 g/mol. The van der Waals surface area contributed by atoms with Gasteiger partial charge in [-0.2, -0.15) is 0 Å². The first-order valence-corrected chi connectivity index (χ1v) is 8.88. The van der Waals surface area contributed by atoms with Gasteiger partial charge < -0.3 is 9.57 Å². The Labute approximate surface area is 176 Å². The number of non-ortho nitro benzene ring substituents is 1. The Bertz CT molecular complexity index is 1130. The number of benzene rings is 3. The van der Waals surface area contributed by atoms with Gasteiger partial charge in [0, 0.05) is 17.7 Å². The van der Waals surface area contributed by atoms with Gasteiger partial charge in [-0.15, -0.1) is 10.2 Å². The number of rotatable bonds is 7. The number of ether oxygens (including phenoxy) is 1. The van der Waals surface area contributed by atoms with Gasteiger partial charge in [0.25, 0.3) is 11.6 Å². The normalized spacial score (nSPS) is 10.5. The van der Waals surface area contributed by atoms with Crippen LogP contribution in [-0.4, -0.2) is 23.9 Å². The average molecular weight is 420 g/mol. The van der Waals surface area contributed by atoms with Crippen molar-refractivity contribution < 1.29 is 24.1 Å². The third-order valence-corrected chi connectivity index (χ3v) is 4.01. The third-order valence-electron chi connectivity index (χ3n) is 4.01. The molecule has 0 aliphatic carbocycles. The number of anilines is 1. The molecule has 0 spiro atoms. The van der Waals surface area contributed by atoms with E-state index in [0.29, 0.717) is 22.7 Å². The van der Waals surface area contributed by atoms with Crippen LogP contribution in [0.25, 0.3) is 0 Å². The van der Waals surface area contributed by atoms with E-state index in [9.17, 15) is 19.7 Å². The van der Waals surface area contributed by atoms with E-state index in [1.54, 1.807) is 48.5 Å². The molecule has 10 heteroatoms. The molecule has 10 nitrogen and oxygen atoms in total. The van der Waals surface area contributed by atoms with E-state index in [1.807, 2.05) is 0 Å². The van der Waals surface area contributed by atoms with Gasteiger partial charge in [0.1, 0.15) is 5.75 Å². The zero-order valence-electron chi connectivity index (χ0n) is 16.2. The van der Waals surface area contributed by atoms with Gasteiger partial charge in [0.05, 0.1) is 29.0 Å². The van der Waals surface area contributed by atoms with Gasteiger partial charge >= 0.3 is 5.97 Å². The molecule has 0 aliphatic heterocycles. The Morgan fingerprint density at radius 1 is 0.968 bits per heavy atom. The van der Waals surface area contributed by atoms with E-state index in [1.165, 1.54) is 25.3 Å². The highest BCUT2D eigenvalue weighted by molar-refractivity contribution is 5.94. The van der Waals surface area contributed by atoms with E-state index < -0.39 is 16.8 Å². The maximum atomic E-state index is 12.0. The molecule has 0 saturated heterocycles. The summed E-state index contributed by atoms with van der Waals surface area (Å²) in [5.41, 5.74) is 3.48. The van der Waals surface area contributed by atoms with Crippen molar-refractivity contribution in [3.8, 4) is 5.75 Å². The number of methoxy groups -OCH3 is 1. The maximum Gasteiger partial charge on any atom is 0.363 e. The van der Waals surface area contributed by atoms with E-state index in [2.05, 4.69) is 15.7 Å². The summed E-state index contributed by atoms with van der Waals surface area (Å²) < 4.78 is 5.03. The van der Waals surface area contributed by atoms with Crippen molar-refractivity contribution in [3.05, 3.63) is 94.0 Å². The van der Waals surface area contributed by atoms with Crippen molar-refractivity contribution in [2.45, 2.75) is 0 Å². The smallest absolute Gasteiger partial charge is 0.363 e. The Morgan fingerprint density at radius 3 is 2.32 bits per heavy atom. The molecule has 0 saturated carbocycles. The number of hydrogen-bond acceptors (Lipinski definition) is 8. The molecule has 3 rings (SSSR count). The standard InChI is InChI=1S/C21H16N4O6/c1-30-19-11-5-14(6-12-19)20(26)23-22-16-7-9-17(10-8-16)24-31-21(27)15-3-2-4-18(13-15)25(28)29/h2-13,24H,1H3. The summed E-state index contributed by atoms with van der Waals surface area (Å²) in [7, 11) is 1.53. The molecule has 0 bridgehead atoms. The molecule has 156 valence electrons. The third kappa shape index (κ3) is 5.70. The molecule has 0 atom stereocenters. The van der Waals surface area contributed by atoms with Crippen molar-refractivity contribution in [2.75, 3.05) is 12.6 Å². The number of nitro groups is 1. The molecule has 0 fully saturated rings. The van der Waals surface area contributed by atoms with Crippen LogP contribution in [0.3, 0.4) is 0 Å². The number of hydrogen-bond donors (Lipinski definition) is 1. The number of nitro benzene ring substituents is 1. The SMILES string of the molecule is COc1ccc(C(=O)N=Nc2ccc(NOC(=O)c3cccc([N+](=O)[O-])c3)cc2)cc1. The van der Waals surface area contributed by atoms with Crippen molar-refractivity contribution in [1.82, 2.24) is 0 Å². The van der Waals surface area contributed by atoms with Crippen LogP contribution in [0.5, 0.6) is 5.75 Å². The van der Waals surface area contributed by atoms with Crippen LogP contribution in [-0.2, 0) is 4.84 Å². The van der Waals surface area contributed by atoms with Gasteiger partial charge in [-0.25, -0.2) is 10.3 Å². The lowest BCUT2D eigenvalue weighted by atomic mass is 10.2. The first-order valence-electron chi connectivity index (χ1n) is 8.88. The second-order valence-electron chi connectivity index (χ2n) is 6.08. The first-order chi connectivity index (χ1) is 15.0. The van der Waals surface area contributed by atoms with Gasteiger partial charge in [-0.05, 0) is 54.6 Å². The predicted octanol–water partition coefficient (Wildman–Crippen LogP) is 4.71. The topological polar surface area (TPSA) is 132 Å². The minimum atomic E-state index is -0.780. The van der Waals surface area contributed by atoms with E-state index in [0.717, 1.165) is 6.07 Å². The second kappa shape index (κ2) is 9.74. The van der Waals surface area contributed by atoms with Gasteiger partial charge in [-0.3, -0.25) is 14.9 Å². The summed E-state index contributed by atoms with van der Waals surface area (Å²) in [4.78, 5) is 39.2. The van der Waals surface area contributed by atoms with Crippen LogP contribution in [0.2, 0.25) is 0 Å². The van der Waals surface area contributed by atoms with Crippen molar-refractivity contribution >= 4 is 28.9 Å². The van der Waals surface area contributed by atoms with Crippen molar-refractivity contribution in [1.29, 1.82) is 0 Å². The maximum absolute atomic E-state index is 12.0. The molecule has 0 aromatic heterocycles.